The number of hydrogen-bond donors (Lipinski definition) is 1. The van der Waals surface area contributed by atoms with Gasteiger partial charge in [-0.2, -0.15) is 0 Å². The molecule has 3 nitrogen and oxygen atoms in total. The zero-order valence-corrected chi connectivity index (χ0v) is 14.3. The molecule has 1 N–H and O–H groups in total. The zero-order valence-electron chi connectivity index (χ0n) is 12.7. The van der Waals surface area contributed by atoms with Crippen molar-refractivity contribution in [3.63, 3.8) is 0 Å². The van der Waals surface area contributed by atoms with Gasteiger partial charge < -0.3 is 10.2 Å². The molecule has 112 valence electrons. The van der Waals surface area contributed by atoms with Crippen LogP contribution >= 0.6 is 15.9 Å². The molecule has 1 aromatic heterocycles. The first kappa shape index (κ1) is 14.9. The van der Waals surface area contributed by atoms with Crippen LogP contribution in [0.1, 0.15) is 24.8 Å². The van der Waals surface area contributed by atoms with Crippen LogP contribution in [0.25, 0.3) is 10.9 Å². The first-order valence-corrected chi connectivity index (χ1v) is 8.32. The van der Waals surface area contributed by atoms with E-state index in [-0.39, 0.29) is 0 Å². The van der Waals surface area contributed by atoms with Crippen LogP contribution in [0.4, 0.5) is 0 Å². The van der Waals surface area contributed by atoms with Crippen molar-refractivity contribution < 1.29 is 0 Å². The van der Waals surface area contributed by atoms with E-state index in [1.165, 1.54) is 30.2 Å². The van der Waals surface area contributed by atoms with Gasteiger partial charge in [0.1, 0.15) is 0 Å². The minimum atomic E-state index is 0.360. The number of hydrogen-bond acceptors (Lipinski definition) is 3. The summed E-state index contributed by atoms with van der Waals surface area (Å²) in [5.41, 5.74) is 2.72. The van der Waals surface area contributed by atoms with E-state index in [4.69, 9.17) is 0 Å². The van der Waals surface area contributed by atoms with E-state index in [1.807, 2.05) is 12.3 Å². The normalized spacial score (nSPS) is 17.1. The van der Waals surface area contributed by atoms with Gasteiger partial charge in [-0.3, -0.25) is 4.98 Å². The van der Waals surface area contributed by atoms with Gasteiger partial charge in [0, 0.05) is 34.7 Å². The molecule has 4 heteroatoms. The van der Waals surface area contributed by atoms with Crippen molar-refractivity contribution in [2.75, 3.05) is 20.6 Å². The van der Waals surface area contributed by atoms with Crippen LogP contribution in [-0.2, 0) is 6.54 Å². The Bertz CT molecular complexity index is 635. The maximum atomic E-state index is 4.55. The Kier molecular flexibility index (Phi) is 4.29. The predicted molar refractivity (Wildman–Crippen MR) is 91.4 cm³/mol. The number of halogens is 1. The summed E-state index contributed by atoms with van der Waals surface area (Å²) < 4.78 is 1.11. The van der Waals surface area contributed by atoms with Gasteiger partial charge in [0.05, 0.1) is 5.52 Å². The topological polar surface area (TPSA) is 28.2 Å². The number of nitrogens with zero attached hydrogens (tertiary/aromatic N) is 2. The summed E-state index contributed by atoms with van der Waals surface area (Å²) in [7, 11) is 4.38. The van der Waals surface area contributed by atoms with Gasteiger partial charge >= 0.3 is 0 Å². The number of nitrogens with one attached hydrogen (secondary N) is 1. The lowest BCUT2D eigenvalue weighted by Crippen LogP contribution is -2.56. The maximum absolute atomic E-state index is 4.55. The number of pyridine rings is 1. The Morgan fingerprint density at radius 1 is 1.29 bits per heavy atom. The second kappa shape index (κ2) is 6.03. The first-order valence-electron chi connectivity index (χ1n) is 7.53. The molecule has 0 bridgehead atoms. The molecule has 1 aliphatic carbocycles. The van der Waals surface area contributed by atoms with Crippen molar-refractivity contribution in [2.24, 2.45) is 0 Å². The molecule has 0 aliphatic heterocycles. The largest absolute Gasteiger partial charge is 0.311 e. The number of aromatic nitrogens is 1. The fraction of sp³-hybridized carbons (Fsp3) is 0.471. The number of fused-ring (bicyclic) bond motifs is 1. The second-order valence-corrected chi connectivity index (χ2v) is 7.04. The molecule has 0 unspecified atom stereocenters. The summed E-state index contributed by atoms with van der Waals surface area (Å²) in [6.07, 6.45) is 5.81. The molecule has 0 spiro atoms. The van der Waals surface area contributed by atoms with E-state index < -0.39 is 0 Å². The summed E-state index contributed by atoms with van der Waals surface area (Å²) in [6, 6.07) is 8.38. The van der Waals surface area contributed by atoms with Crippen molar-refractivity contribution in [1.29, 1.82) is 0 Å². The Hall–Kier alpha value is -0.970. The van der Waals surface area contributed by atoms with Crippen LogP contribution in [0.15, 0.2) is 34.9 Å². The van der Waals surface area contributed by atoms with Gasteiger partial charge in [-0.05, 0) is 51.1 Å². The molecule has 0 saturated heterocycles. The smallest absolute Gasteiger partial charge is 0.0758 e. The summed E-state index contributed by atoms with van der Waals surface area (Å²) >= 11 is 3.60. The van der Waals surface area contributed by atoms with Gasteiger partial charge in [-0.25, -0.2) is 0 Å². The minimum Gasteiger partial charge on any atom is -0.311 e. The van der Waals surface area contributed by atoms with Crippen molar-refractivity contribution in [3.05, 3.63) is 40.5 Å². The van der Waals surface area contributed by atoms with E-state index in [0.29, 0.717) is 5.54 Å². The molecule has 0 amide bonds. The standard InChI is InChI=1S/C17H22BrN3/c1-21(2)17(8-4-9-17)12-19-11-13-6-7-15(18)14-5-3-10-20-16(13)14/h3,5-7,10,19H,4,8-9,11-12H2,1-2H3. The third kappa shape index (κ3) is 2.85. The summed E-state index contributed by atoms with van der Waals surface area (Å²) in [4.78, 5) is 6.92. The zero-order chi connectivity index (χ0) is 14.9. The Balaban J connectivity index is 1.73. The fourth-order valence-corrected chi connectivity index (χ4v) is 3.59. The third-order valence-corrected chi connectivity index (χ3v) is 5.49. The fourth-order valence-electron chi connectivity index (χ4n) is 3.14. The minimum absolute atomic E-state index is 0.360. The highest BCUT2D eigenvalue weighted by Gasteiger charge is 2.38. The monoisotopic (exact) mass is 347 g/mol. The molecule has 1 aromatic carbocycles. The molecule has 0 radical (unpaired) electrons. The van der Waals surface area contributed by atoms with Crippen molar-refractivity contribution in [1.82, 2.24) is 15.2 Å². The highest BCUT2D eigenvalue weighted by atomic mass is 79.9. The molecule has 3 rings (SSSR count). The van der Waals surface area contributed by atoms with Crippen molar-refractivity contribution in [2.45, 2.75) is 31.3 Å². The average Bonchev–Trinajstić information content (AvgIpc) is 2.44. The Labute approximate surface area is 134 Å². The lowest BCUT2D eigenvalue weighted by Gasteiger charge is -2.47. The molecule has 0 atom stereocenters. The second-order valence-electron chi connectivity index (χ2n) is 6.18. The van der Waals surface area contributed by atoms with Gasteiger partial charge in [0.25, 0.3) is 0 Å². The van der Waals surface area contributed by atoms with Crippen LogP contribution in [0.2, 0.25) is 0 Å². The lowest BCUT2D eigenvalue weighted by atomic mass is 9.75. The molecule has 1 aliphatic rings. The first-order chi connectivity index (χ1) is 10.1. The van der Waals surface area contributed by atoms with E-state index >= 15 is 0 Å². The van der Waals surface area contributed by atoms with Crippen LogP contribution in [-0.4, -0.2) is 36.1 Å². The highest BCUT2D eigenvalue weighted by molar-refractivity contribution is 9.10. The summed E-state index contributed by atoms with van der Waals surface area (Å²) in [5, 5.41) is 4.82. The van der Waals surface area contributed by atoms with Gasteiger partial charge in [-0.15, -0.1) is 0 Å². The highest BCUT2D eigenvalue weighted by Crippen LogP contribution is 2.35. The average molecular weight is 348 g/mol. The van der Waals surface area contributed by atoms with E-state index in [9.17, 15) is 0 Å². The SMILES string of the molecule is CN(C)C1(CNCc2ccc(Br)c3cccnc23)CCC1. The molecule has 21 heavy (non-hydrogen) atoms. The van der Waals surface area contributed by atoms with Crippen LogP contribution in [0.5, 0.6) is 0 Å². The van der Waals surface area contributed by atoms with E-state index in [2.05, 4.69) is 63.4 Å². The third-order valence-electron chi connectivity index (χ3n) is 4.80. The van der Waals surface area contributed by atoms with E-state index in [0.717, 1.165) is 23.1 Å². The van der Waals surface area contributed by atoms with E-state index in [1.54, 1.807) is 0 Å². The predicted octanol–water partition coefficient (Wildman–Crippen LogP) is 3.57. The summed E-state index contributed by atoms with van der Waals surface area (Å²) in [5.74, 6) is 0. The Morgan fingerprint density at radius 3 is 2.76 bits per heavy atom. The van der Waals surface area contributed by atoms with Crippen LogP contribution < -0.4 is 5.32 Å². The number of rotatable bonds is 5. The quantitative estimate of drug-likeness (QED) is 0.895. The summed E-state index contributed by atoms with van der Waals surface area (Å²) in [6.45, 7) is 1.92. The lowest BCUT2D eigenvalue weighted by molar-refractivity contribution is 0.0598. The van der Waals surface area contributed by atoms with Gasteiger partial charge in [-0.1, -0.05) is 28.1 Å². The van der Waals surface area contributed by atoms with Crippen molar-refractivity contribution >= 4 is 26.8 Å². The van der Waals surface area contributed by atoms with Gasteiger partial charge in [0.15, 0.2) is 0 Å². The van der Waals surface area contributed by atoms with Gasteiger partial charge in [0.2, 0.25) is 0 Å². The molecule has 1 saturated carbocycles. The van der Waals surface area contributed by atoms with Crippen LogP contribution in [0.3, 0.4) is 0 Å². The maximum Gasteiger partial charge on any atom is 0.0758 e. The number of benzene rings is 1. The molecule has 1 heterocycles. The number of likely N-dealkylation sites (N-methyl/N-ethyl adjacent to an activating group) is 1. The molecular formula is C17H22BrN3. The Morgan fingerprint density at radius 2 is 2.10 bits per heavy atom. The van der Waals surface area contributed by atoms with Crippen LogP contribution in [0, 0.1) is 0 Å². The van der Waals surface area contributed by atoms with Crippen molar-refractivity contribution in [3.8, 4) is 0 Å². The molecular weight excluding hydrogens is 326 g/mol. The molecule has 1 fully saturated rings. The molecule has 2 aromatic rings.